The van der Waals surface area contributed by atoms with Gasteiger partial charge < -0.3 is 10.5 Å². The summed E-state index contributed by atoms with van der Waals surface area (Å²) in [4.78, 5) is 0. The maximum absolute atomic E-state index is 5.99. The summed E-state index contributed by atoms with van der Waals surface area (Å²) in [5, 5.41) is 0. The molecule has 0 radical (unpaired) electrons. The third kappa shape index (κ3) is 5.29. The van der Waals surface area contributed by atoms with Crippen LogP contribution in [0.1, 0.15) is 32.3 Å². The predicted molar refractivity (Wildman–Crippen MR) is 68.1 cm³/mol. The van der Waals surface area contributed by atoms with E-state index in [1.54, 1.807) is 0 Å². The first-order chi connectivity index (χ1) is 7.72. The molecule has 0 aromatic heterocycles. The Balaban J connectivity index is 2.15. The zero-order valence-corrected chi connectivity index (χ0v) is 10.4. The summed E-state index contributed by atoms with van der Waals surface area (Å²) < 4.78 is 5.60. The SMILES string of the molecule is CCC(C)CC(N)COCc1ccccc1. The highest BCUT2D eigenvalue weighted by Gasteiger charge is 2.07. The molecule has 2 heteroatoms. The minimum Gasteiger partial charge on any atom is -0.375 e. The van der Waals surface area contributed by atoms with Gasteiger partial charge in [-0.2, -0.15) is 0 Å². The van der Waals surface area contributed by atoms with E-state index in [1.807, 2.05) is 18.2 Å². The van der Waals surface area contributed by atoms with Gasteiger partial charge in [0.05, 0.1) is 13.2 Å². The number of hydrogen-bond acceptors (Lipinski definition) is 2. The molecule has 2 nitrogen and oxygen atoms in total. The van der Waals surface area contributed by atoms with E-state index >= 15 is 0 Å². The van der Waals surface area contributed by atoms with Crippen LogP contribution >= 0.6 is 0 Å². The molecular weight excluding hydrogens is 198 g/mol. The summed E-state index contributed by atoms with van der Waals surface area (Å²) in [7, 11) is 0. The van der Waals surface area contributed by atoms with Gasteiger partial charge in [-0.1, -0.05) is 50.6 Å². The Hall–Kier alpha value is -0.860. The van der Waals surface area contributed by atoms with Crippen LogP contribution in [0.2, 0.25) is 0 Å². The Bertz CT molecular complexity index is 273. The van der Waals surface area contributed by atoms with Crippen molar-refractivity contribution in [1.82, 2.24) is 0 Å². The molecule has 0 aliphatic carbocycles. The van der Waals surface area contributed by atoms with Crippen molar-refractivity contribution in [3.8, 4) is 0 Å². The number of ether oxygens (including phenoxy) is 1. The van der Waals surface area contributed by atoms with Crippen molar-refractivity contribution >= 4 is 0 Å². The van der Waals surface area contributed by atoms with Gasteiger partial charge >= 0.3 is 0 Å². The van der Waals surface area contributed by atoms with Crippen LogP contribution in [0.15, 0.2) is 30.3 Å². The molecule has 1 aromatic rings. The smallest absolute Gasteiger partial charge is 0.0717 e. The van der Waals surface area contributed by atoms with E-state index in [0.717, 1.165) is 6.42 Å². The molecule has 90 valence electrons. The average molecular weight is 221 g/mol. The number of nitrogens with two attached hydrogens (primary N) is 1. The fraction of sp³-hybridized carbons (Fsp3) is 0.571. The van der Waals surface area contributed by atoms with Gasteiger partial charge in [0.1, 0.15) is 0 Å². The van der Waals surface area contributed by atoms with Crippen LogP contribution in [0, 0.1) is 5.92 Å². The Morgan fingerprint density at radius 3 is 2.56 bits per heavy atom. The lowest BCUT2D eigenvalue weighted by molar-refractivity contribution is 0.102. The molecule has 0 aliphatic rings. The topological polar surface area (TPSA) is 35.2 Å². The molecule has 16 heavy (non-hydrogen) atoms. The highest BCUT2D eigenvalue weighted by molar-refractivity contribution is 5.13. The van der Waals surface area contributed by atoms with Crippen LogP contribution in [0.5, 0.6) is 0 Å². The molecule has 0 saturated heterocycles. The molecule has 2 atom stereocenters. The van der Waals surface area contributed by atoms with Crippen molar-refractivity contribution in [2.24, 2.45) is 11.7 Å². The van der Waals surface area contributed by atoms with Crippen molar-refractivity contribution in [3.05, 3.63) is 35.9 Å². The maximum Gasteiger partial charge on any atom is 0.0717 e. The van der Waals surface area contributed by atoms with Gasteiger partial charge in [0.25, 0.3) is 0 Å². The number of rotatable bonds is 7. The van der Waals surface area contributed by atoms with Crippen molar-refractivity contribution < 1.29 is 4.74 Å². The van der Waals surface area contributed by atoms with Crippen molar-refractivity contribution in [1.29, 1.82) is 0 Å². The van der Waals surface area contributed by atoms with Crippen LogP contribution in [0.3, 0.4) is 0 Å². The highest BCUT2D eigenvalue weighted by Crippen LogP contribution is 2.09. The van der Waals surface area contributed by atoms with Crippen molar-refractivity contribution in [2.75, 3.05) is 6.61 Å². The molecule has 2 N–H and O–H groups in total. The monoisotopic (exact) mass is 221 g/mol. The second-order valence-electron chi connectivity index (χ2n) is 4.51. The predicted octanol–water partition coefficient (Wildman–Crippen LogP) is 2.97. The lowest BCUT2D eigenvalue weighted by Crippen LogP contribution is -2.28. The minimum absolute atomic E-state index is 0.165. The van der Waals surface area contributed by atoms with Gasteiger partial charge in [0, 0.05) is 6.04 Å². The summed E-state index contributed by atoms with van der Waals surface area (Å²) in [5.74, 6) is 0.690. The van der Waals surface area contributed by atoms with Crippen LogP contribution in [-0.4, -0.2) is 12.6 Å². The summed E-state index contributed by atoms with van der Waals surface area (Å²) in [6, 6.07) is 10.4. The molecule has 0 bridgehead atoms. The minimum atomic E-state index is 0.165. The molecule has 0 saturated carbocycles. The summed E-state index contributed by atoms with van der Waals surface area (Å²) in [6.45, 7) is 5.74. The van der Waals surface area contributed by atoms with E-state index in [1.165, 1.54) is 12.0 Å². The number of hydrogen-bond donors (Lipinski definition) is 1. The molecule has 0 aliphatic heterocycles. The Kier molecular flexibility index (Phi) is 6.12. The molecular formula is C14H23NO. The van der Waals surface area contributed by atoms with E-state index in [4.69, 9.17) is 10.5 Å². The molecule has 1 rings (SSSR count). The Morgan fingerprint density at radius 2 is 1.94 bits per heavy atom. The summed E-state index contributed by atoms with van der Waals surface area (Å²) in [5.41, 5.74) is 7.20. The van der Waals surface area contributed by atoms with E-state index in [2.05, 4.69) is 26.0 Å². The van der Waals surface area contributed by atoms with Gasteiger partial charge in [-0.25, -0.2) is 0 Å². The van der Waals surface area contributed by atoms with Gasteiger partial charge in [-0.15, -0.1) is 0 Å². The third-order valence-electron chi connectivity index (χ3n) is 2.85. The van der Waals surface area contributed by atoms with E-state index in [9.17, 15) is 0 Å². The fourth-order valence-electron chi connectivity index (χ4n) is 1.65. The third-order valence-corrected chi connectivity index (χ3v) is 2.85. The standard InChI is InChI=1S/C14H23NO/c1-3-12(2)9-14(15)11-16-10-13-7-5-4-6-8-13/h4-8,12,14H,3,9-11,15H2,1-2H3. The quantitative estimate of drug-likeness (QED) is 0.768. The zero-order valence-electron chi connectivity index (χ0n) is 10.4. The molecule has 0 amide bonds. The molecule has 2 unspecified atom stereocenters. The first kappa shape index (κ1) is 13.2. The average Bonchev–Trinajstić information content (AvgIpc) is 2.30. The molecule has 1 aromatic carbocycles. The lowest BCUT2D eigenvalue weighted by atomic mass is 10.0. The Morgan fingerprint density at radius 1 is 1.25 bits per heavy atom. The first-order valence-electron chi connectivity index (χ1n) is 6.09. The lowest BCUT2D eigenvalue weighted by Gasteiger charge is -2.16. The van der Waals surface area contributed by atoms with Crippen molar-refractivity contribution in [3.63, 3.8) is 0 Å². The molecule has 0 spiro atoms. The summed E-state index contributed by atoms with van der Waals surface area (Å²) >= 11 is 0. The Labute approximate surface area is 98.8 Å². The normalized spacial score (nSPS) is 14.7. The fourth-order valence-corrected chi connectivity index (χ4v) is 1.65. The molecule has 0 fully saturated rings. The molecule has 0 heterocycles. The van der Waals surface area contributed by atoms with E-state index < -0.39 is 0 Å². The van der Waals surface area contributed by atoms with Gasteiger partial charge in [0.2, 0.25) is 0 Å². The van der Waals surface area contributed by atoms with Crippen LogP contribution in [0.4, 0.5) is 0 Å². The zero-order chi connectivity index (χ0) is 11.8. The van der Waals surface area contributed by atoms with Gasteiger partial charge in [-0.05, 0) is 17.9 Å². The van der Waals surface area contributed by atoms with Gasteiger partial charge in [-0.3, -0.25) is 0 Å². The maximum atomic E-state index is 5.99. The van der Waals surface area contributed by atoms with Crippen LogP contribution < -0.4 is 5.73 Å². The number of benzene rings is 1. The van der Waals surface area contributed by atoms with Crippen LogP contribution in [-0.2, 0) is 11.3 Å². The largest absolute Gasteiger partial charge is 0.375 e. The van der Waals surface area contributed by atoms with Gasteiger partial charge in [0.15, 0.2) is 0 Å². The van der Waals surface area contributed by atoms with Crippen LogP contribution in [0.25, 0.3) is 0 Å². The van der Waals surface area contributed by atoms with E-state index in [-0.39, 0.29) is 6.04 Å². The second-order valence-corrected chi connectivity index (χ2v) is 4.51. The summed E-state index contributed by atoms with van der Waals surface area (Å²) in [6.07, 6.45) is 2.23. The second kappa shape index (κ2) is 7.42. The highest BCUT2D eigenvalue weighted by atomic mass is 16.5. The first-order valence-corrected chi connectivity index (χ1v) is 6.09. The van der Waals surface area contributed by atoms with E-state index in [0.29, 0.717) is 19.1 Å². The van der Waals surface area contributed by atoms with Crippen molar-refractivity contribution in [2.45, 2.75) is 39.3 Å².